The second-order valence-electron chi connectivity index (χ2n) is 7.55. The molecule has 2 rings (SSSR count). The van der Waals surface area contributed by atoms with E-state index in [-0.39, 0.29) is 29.3 Å². The molecule has 0 aliphatic carbocycles. The summed E-state index contributed by atoms with van der Waals surface area (Å²) < 4.78 is 121. The van der Waals surface area contributed by atoms with Crippen LogP contribution in [0, 0.1) is 0 Å². The predicted molar refractivity (Wildman–Crippen MR) is 94.3 cm³/mol. The van der Waals surface area contributed by atoms with Gasteiger partial charge in [0, 0.05) is 11.1 Å². The topological polar surface area (TPSA) is 40.5 Å². The molecule has 0 aliphatic rings. The molecule has 31 heavy (non-hydrogen) atoms. The zero-order valence-corrected chi connectivity index (χ0v) is 16.5. The highest BCUT2D eigenvalue weighted by molar-refractivity contribution is 5.91. The highest BCUT2D eigenvalue weighted by Crippen LogP contribution is 2.52. The summed E-state index contributed by atoms with van der Waals surface area (Å²) in [5.41, 5.74) is -12.2. The van der Waals surface area contributed by atoms with Gasteiger partial charge in [-0.2, -0.15) is 39.5 Å². The molecule has 0 amide bonds. The first-order valence-electron chi connectivity index (χ1n) is 9.03. The Morgan fingerprint density at radius 3 is 1.74 bits per heavy atom. The monoisotopic (exact) mass is 462 g/mol. The molecule has 11 heteroatoms. The van der Waals surface area contributed by atoms with Gasteiger partial charge >= 0.3 is 18.5 Å². The molecule has 0 saturated heterocycles. The van der Waals surface area contributed by atoms with Gasteiger partial charge in [0.15, 0.2) is 5.60 Å². The molecular weight excluding hydrogens is 443 g/mol. The van der Waals surface area contributed by atoms with E-state index in [2.05, 4.69) is 0 Å². The first-order valence-corrected chi connectivity index (χ1v) is 9.03. The standard InChI is InChI=1S/C20H19F9O2/c1-4-10(2)12-6-5-7-13-14(12)8-11(9-15(13)16(3,30)18(21,22)23)17(31,19(24,25)26)20(27,28)29/h5-10,30-31H,4H2,1-3H3. The van der Waals surface area contributed by atoms with Gasteiger partial charge in [-0.25, -0.2) is 0 Å². The van der Waals surface area contributed by atoms with Crippen LogP contribution in [-0.4, -0.2) is 28.7 Å². The maximum Gasteiger partial charge on any atom is 0.430 e. The molecular formula is C20H19F9O2. The van der Waals surface area contributed by atoms with E-state index in [1.54, 1.807) is 13.8 Å². The van der Waals surface area contributed by atoms with Crippen LogP contribution in [0.2, 0.25) is 0 Å². The fraction of sp³-hybridized carbons (Fsp3) is 0.500. The number of hydrogen-bond acceptors (Lipinski definition) is 2. The summed E-state index contributed by atoms with van der Waals surface area (Å²) >= 11 is 0. The minimum atomic E-state index is -6.30. The quantitative estimate of drug-likeness (QED) is 0.514. The second kappa shape index (κ2) is 7.54. The van der Waals surface area contributed by atoms with E-state index in [1.807, 2.05) is 0 Å². The van der Waals surface area contributed by atoms with Crippen molar-refractivity contribution in [3.8, 4) is 0 Å². The molecule has 0 heterocycles. The average Bonchev–Trinajstić information content (AvgIpc) is 2.62. The Morgan fingerprint density at radius 1 is 0.806 bits per heavy atom. The van der Waals surface area contributed by atoms with Gasteiger partial charge in [-0.3, -0.25) is 0 Å². The fourth-order valence-corrected chi connectivity index (χ4v) is 3.31. The number of rotatable bonds is 4. The van der Waals surface area contributed by atoms with Crippen molar-refractivity contribution in [1.82, 2.24) is 0 Å². The van der Waals surface area contributed by atoms with E-state index in [0.29, 0.717) is 12.5 Å². The summed E-state index contributed by atoms with van der Waals surface area (Å²) in [6.07, 6.45) is -17.7. The molecule has 0 saturated carbocycles. The molecule has 2 unspecified atom stereocenters. The highest BCUT2D eigenvalue weighted by atomic mass is 19.4. The smallest absolute Gasteiger partial charge is 0.376 e. The minimum absolute atomic E-state index is 0.0861. The number of alkyl halides is 9. The molecule has 0 aliphatic heterocycles. The van der Waals surface area contributed by atoms with Gasteiger partial charge in [0.2, 0.25) is 0 Å². The third-order valence-electron chi connectivity index (χ3n) is 5.49. The van der Waals surface area contributed by atoms with E-state index >= 15 is 0 Å². The van der Waals surface area contributed by atoms with Gasteiger partial charge in [-0.15, -0.1) is 0 Å². The van der Waals surface area contributed by atoms with Crippen molar-refractivity contribution in [2.75, 3.05) is 0 Å². The van der Waals surface area contributed by atoms with Crippen LogP contribution in [0.3, 0.4) is 0 Å². The first kappa shape index (κ1) is 25.3. The van der Waals surface area contributed by atoms with Crippen LogP contribution in [0.25, 0.3) is 10.8 Å². The van der Waals surface area contributed by atoms with Crippen LogP contribution in [-0.2, 0) is 11.2 Å². The Labute approximate surface area is 171 Å². The van der Waals surface area contributed by atoms with Crippen molar-refractivity contribution < 1.29 is 49.7 Å². The lowest BCUT2D eigenvalue weighted by Gasteiger charge is -2.35. The summed E-state index contributed by atoms with van der Waals surface area (Å²) in [5.74, 6) is -0.451. The van der Waals surface area contributed by atoms with Crippen LogP contribution in [0.4, 0.5) is 39.5 Å². The Bertz CT molecular complexity index is 942. The van der Waals surface area contributed by atoms with Gasteiger partial charge in [-0.1, -0.05) is 32.0 Å². The number of aliphatic hydroxyl groups is 2. The van der Waals surface area contributed by atoms with Gasteiger partial charge < -0.3 is 10.2 Å². The summed E-state index contributed by atoms with van der Waals surface area (Å²) in [4.78, 5) is 0. The van der Waals surface area contributed by atoms with Crippen molar-refractivity contribution in [2.24, 2.45) is 0 Å². The minimum Gasteiger partial charge on any atom is -0.376 e. The van der Waals surface area contributed by atoms with Crippen LogP contribution >= 0.6 is 0 Å². The van der Waals surface area contributed by atoms with E-state index < -0.39 is 46.8 Å². The third kappa shape index (κ3) is 3.97. The van der Waals surface area contributed by atoms with Crippen molar-refractivity contribution in [1.29, 1.82) is 0 Å². The first-order chi connectivity index (χ1) is 13.8. The molecule has 2 nitrogen and oxygen atoms in total. The Hall–Kier alpha value is -2.01. The summed E-state index contributed by atoms with van der Waals surface area (Å²) in [5, 5.41) is 19.2. The lowest BCUT2D eigenvalue weighted by molar-refractivity contribution is -0.376. The van der Waals surface area contributed by atoms with Gasteiger partial charge in [-0.05, 0) is 47.7 Å². The molecule has 2 aromatic carbocycles. The summed E-state index contributed by atoms with van der Waals surface area (Å²) in [7, 11) is 0. The van der Waals surface area contributed by atoms with Gasteiger partial charge in [0.05, 0.1) is 0 Å². The molecule has 0 bridgehead atoms. The number of fused-ring (bicyclic) bond motifs is 1. The highest BCUT2D eigenvalue weighted by Gasteiger charge is 2.71. The average molecular weight is 462 g/mol. The number of benzene rings is 2. The lowest BCUT2D eigenvalue weighted by Crippen LogP contribution is -2.54. The molecule has 2 atom stereocenters. The molecule has 0 radical (unpaired) electrons. The largest absolute Gasteiger partial charge is 0.430 e. The van der Waals surface area contributed by atoms with Crippen molar-refractivity contribution >= 4 is 10.8 Å². The fourth-order valence-electron chi connectivity index (χ4n) is 3.31. The molecule has 0 fully saturated rings. The molecule has 174 valence electrons. The summed E-state index contributed by atoms with van der Waals surface area (Å²) in [6, 6.07) is 4.00. The lowest BCUT2D eigenvalue weighted by atomic mass is 9.81. The van der Waals surface area contributed by atoms with Gasteiger partial charge in [0.1, 0.15) is 0 Å². The van der Waals surface area contributed by atoms with E-state index in [0.717, 1.165) is 6.07 Å². The van der Waals surface area contributed by atoms with Crippen LogP contribution in [0.5, 0.6) is 0 Å². The van der Waals surface area contributed by atoms with Crippen molar-refractivity contribution in [3.05, 3.63) is 47.0 Å². The van der Waals surface area contributed by atoms with Crippen molar-refractivity contribution in [3.63, 3.8) is 0 Å². The van der Waals surface area contributed by atoms with Crippen LogP contribution < -0.4 is 0 Å². The Kier molecular flexibility index (Phi) is 6.14. The third-order valence-corrected chi connectivity index (χ3v) is 5.49. The van der Waals surface area contributed by atoms with Crippen LogP contribution in [0.1, 0.15) is 49.8 Å². The number of halogens is 9. The second-order valence-corrected chi connectivity index (χ2v) is 7.55. The van der Waals surface area contributed by atoms with Crippen LogP contribution in [0.15, 0.2) is 30.3 Å². The van der Waals surface area contributed by atoms with Crippen molar-refractivity contribution in [2.45, 2.75) is 62.8 Å². The zero-order valence-electron chi connectivity index (χ0n) is 16.5. The maximum absolute atomic E-state index is 13.5. The van der Waals surface area contributed by atoms with E-state index in [1.165, 1.54) is 12.1 Å². The SMILES string of the molecule is CCC(C)c1cccc2c(C(C)(O)C(F)(F)F)cc(C(O)(C(F)(F)F)C(F)(F)F)cc12. The summed E-state index contributed by atoms with van der Waals surface area (Å²) in [6.45, 7) is 3.48. The molecule has 2 N–H and O–H groups in total. The molecule has 0 spiro atoms. The van der Waals surface area contributed by atoms with E-state index in [9.17, 15) is 49.7 Å². The maximum atomic E-state index is 13.5. The predicted octanol–water partition coefficient (Wildman–Crippen LogP) is 6.44. The molecule has 2 aromatic rings. The molecule has 0 aromatic heterocycles. The zero-order chi connectivity index (χ0) is 24.2. The number of hydrogen-bond donors (Lipinski definition) is 2. The Morgan fingerprint density at radius 2 is 1.32 bits per heavy atom. The Balaban J connectivity index is 3.12. The van der Waals surface area contributed by atoms with E-state index in [4.69, 9.17) is 0 Å². The van der Waals surface area contributed by atoms with Gasteiger partial charge in [0.25, 0.3) is 5.60 Å². The normalized spacial score (nSPS) is 17.0.